The number of methoxy groups -OCH3 is 2. The van der Waals surface area contributed by atoms with Crippen molar-refractivity contribution in [3.63, 3.8) is 0 Å². The zero-order chi connectivity index (χ0) is 10.5. The number of hydrogen-bond acceptors (Lipinski definition) is 4. The molecule has 13 heavy (non-hydrogen) atoms. The lowest BCUT2D eigenvalue weighted by atomic mass is 9.93. The van der Waals surface area contributed by atoms with Crippen LogP contribution in [0.3, 0.4) is 0 Å². The third-order valence-corrected chi connectivity index (χ3v) is 1.94. The Labute approximate surface area is 78.8 Å². The molecule has 4 nitrogen and oxygen atoms in total. The van der Waals surface area contributed by atoms with Gasteiger partial charge in [-0.15, -0.1) is 0 Å². The van der Waals surface area contributed by atoms with Gasteiger partial charge in [-0.25, -0.2) is 4.79 Å². The fraction of sp³-hybridized carbons (Fsp3) is 0.889. The first-order valence-corrected chi connectivity index (χ1v) is 4.27. The highest BCUT2D eigenvalue weighted by atomic mass is 16.6. The standard InChI is InChI=1S/C9H18O4/c1-7(2)5-9(6-10,13-4)8(11)12-3/h7,10H,5-6H2,1-4H3. The van der Waals surface area contributed by atoms with Crippen LogP contribution in [0.5, 0.6) is 0 Å². The van der Waals surface area contributed by atoms with E-state index >= 15 is 0 Å². The second kappa shape index (κ2) is 5.19. The first kappa shape index (κ1) is 12.4. The molecule has 0 radical (unpaired) electrons. The summed E-state index contributed by atoms with van der Waals surface area (Å²) in [7, 11) is 2.68. The molecule has 0 aromatic heterocycles. The minimum absolute atomic E-state index is 0.256. The van der Waals surface area contributed by atoms with Gasteiger partial charge in [-0.3, -0.25) is 0 Å². The maximum Gasteiger partial charge on any atom is 0.340 e. The molecule has 78 valence electrons. The zero-order valence-corrected chi connectivity index (χ0v) is 8.66. The molecular weight excluding hydrogens is 172 g/mol. The van der Waals surface area contributed by atoms with Gasteiger partial charge in [0, 0.05) is 7.11 Å². The third-order valence-electron chi connectivity index (χ3n) is 1.94. The first-order chi connectivity index (χ1) is 6.02. The zero-order valence-electron chi connectivity index (χ0n) is 8.66. The fourth-order valence-corrected chi connectivity index (χ4v) is 1.29. The van der Waals surface area contributed by atoms with Gasteiger partial charge in [0.25, 0.3) is 0 Å². The monoisotopic (exact) mass is 190 g/mol. The predicted molar refractivity (Wildman–Crippen MR) is 48.3 cm³/mol. The lowest BCUT2D eigenvalue weighted by molar-refractivity contribution is -0.173. The van der Waals surface area contributed by atoms with Crippen LogP contribution in [0.4, 0.5) is 0 Å². The highest BCUT2D eigenvalue weighted by molar-refractivity contribution is 5.79. The SMILES string of the molecule is COC(=O)C(CO)(CC(C)C)OC. The van der Waals surface area contributed by atoms with E-state index in [-0.39, 0.29) is 12.5 Å². The van der Waals surface area contributed by atoms with Crippen molar-refractivity contribution in [2.75, 3.05) is 20.8 Å². The highest BCUT2D eigenvalue weighted by Crippen LogP contribution is 2.21. The van der Waals surface area contributed by atoms with Crippen LogP contribution in [0.1, 0.15) is 20.3 Å². The molecule has 0 aromatic rings. The van der Waals surface area contributed by atoms with Gasteiger partial charge in [0.1, 0.15) is 0 Å². The summed E-state index contributed by atoms with van der Waals surface area (Å²) in [6.45, 7) is 3.55. The van der Waals surface area contributed by atoms with Crippen LogP contribution in [0.2, 0.25) is 0 Å². The minimum Gasteiger partial charge on any atom is -0.467 e. The van der Waals surface area contributed by atoms with Gasteiger partial charge in [-0.2, -0.15) is 0 Å². The Bertz CT molecular complexity index is 161. The summed E-state index contributed by atoms with van der Waals surface area (Å²) in [5.74, 6) is -0.266. The van der Waals surface area contributed by atoms with Crippen LogP contribution >= 0.6 is 0 Å². The van der Waals surface area contributed by atoms with E-state index in [0.717, 1.165) is 0 Å². The molecule has 0 saturated heterocycles. The Morgan fingerprint density at radius 1 is 1.46 bits per heavy atom. The Morgan fingerprint density at radius 3 is 2.23 bits per heavy atom. The minimum atomic E-state index is -1.19. The van der Waals surface area contributed by atoms with Crippen LogP contribution < -0.4 is 0 Å². The van der Waals surface area contributed by atoms with Gasteiger partial charge in [-0.05, 0) is 12.3 Å². The summed E-state index contributed by atoms with van der Waals surface area (Å²) in [6, 6.07) is 0. The summed E-state index contributed by atoms with van der Waals surface area (Å²) in [4.78, 5) is 11.3. The lowest BCUT2D eigenvalue weighted by Crippen LogP contribution is -2.46. The summed E-state index contributed by atoms with van der Waals surface area (Å²) in [5, 5.41) is 9.10. The Morgan fingerprint density at radius 2 is 2.00 bits per heavy atom. The molecule has 0 aromatic carbocycles. The van der Waals surface area contributed by atoms with Gasteiger partial charge >= 0.3 is 5.97 Å². The molecule has 0 saturated carbocycles. The largest absolute Gasteiger partial charge is 0.467 e. The third kappa shape index (κ3) is 2.97. The van der Waals surface area contributed by atoms with Crippen molar-refractivity contribution < 1.29 is 19.4 Å². The number of aliphatic hydroxyl groups is 1. The van der Waals surface area contributed by atoms with Crippen molar-refractivity contribution in [1.82, 2.24) is 0 Å². The predicted octanol–water partition coefficient (Wildman–Crippen LogP) is 0.583. The van der Waals surface area contributed by atoms with Crippen molar-refractivity contribution in [3.05, 3.63) is 0 Å². The van der Waals surface area contributed by atoms with E-state index in [1.54, 1.807) is 0 Å². The molecule has 0 bridgehead atoms. The van der Waals surface area contributed by atoms with E-state index < -0.39 is 11.6 Å². The normalized spacial score (nSPS) is 15.5. The van der Waals surface area contributed by atoms with Crippen molar-refractivity contribution in [1.29, 1.82) is 0 Å². The molecule has 0 aliphatic carbocycles. The number of esters is 1. The summed E-state index contributed by atoms with van der Waals surface area (Å²) < 4.78 is 9.60. The molecular formula is C9H18O4. The highest BCUT2D eigenvalue weighted by Gasteiger charge is 2.39. The maximum atomic E-state index is 11.3. The molecule has 0 fully saturated rings. The van der Waals surface area contributed by atoms with Crippen LogP contribution in [0.25, 0.3) is 0 Å². The molecule has 4 heteroatoms. The second-order valence-corrected chi connectivity index (χ2v) is 3.45. The van der Waals surface area contributed by atoms with Crippen molar-refractivity contribution >= 4 is 5.97 Å². The quantitative estimate of drug-likeness (QED) is 0.644. The van der Waals surface area contributed by atoms with E-state index in [4.69, 9.17) is 9.84 Å². The van der Waals surface area contributed by atoms with Crippen LogP contribution in [-0.2, 0) is 14.3 Å². The fourth-order valence-electron chi connectivity index (χ4n) is 1.29. The van der Waals surface area contributed by atoms with E-state index in [1.807, 2.05) is 13.8 Å². The van der Waals surface area contributed by atoms with Gasteiger partial charge in [-0.1, -0.05) is 13.8 Å². The maximum absolute atomic E-state index is 11.3. The average Bonchev–Trinajstić information content (AvgIpc) is 2.12. The lowest BCUT2D eigenvalue weighted by Gasteiger charge is -2.28. The molecule has 0 rings (SSSR count). The molecule has 0 spiro atoms. The molecule has 0 amide bonds. The molecule has 1 unspecified atom stereocenters. The number of carbonyl (C=O) groups excluding carboxylic acids is 1. The van der Waals surface area contributed by atoms with Crippen LogP contribution in [0, 0.1) is 5.92 Å². The number of hydrogen-bond donors (Lipinski definition) is 1. The Balaban J connectivity index is 4.58. The van der Waals surface area contributed by atoms with Gasteiger partial charge in [0.15, 0.2) is 5.60 Å². The molecule has 0 heterocycles. The Kier molecular flexibility index (Phi) is 4.95. The van der Waals surface area contributed by atoms with E-state index in [0.29, 0.717) is 6.42 Å². The van der Waals surface area contributed by atoms with Gasteiger partial charge in [0.2, 0.25) is 0 Å². The van der Waals surface area contributed by atoms with E-state index in [2.05, 4.69) is 4.74 Å². The first-order valence-electron chi connectivity index (χ1n) is 4.27. The van der Waals surface area contributed by atoms with E-state index in [1.165, 1.54) is 14.2 Å². The van der Waals surface area contributed by atoms with Crippen molar-refractivity contribution in [2.45, 2.75) is 25.9 Å². The number of rotatable bonds is 5. The smallest absolute Gasteiger partial charge is 0.340 e. The second-order valence-electron chi connectivity index (χ2n) is 3.45. The van der Waals surface area contributed by atoms with Crippen LogP contribution in [-0.4, -0.2) is 37.5 Å². The van der Waals surface area contributed by atoms with Crippen LogP contribution in [0.15, 0.2) is 0 Å². The molecule has 0 aliphatic heterocycles. The number of aliphatic hydroxyl groups excluding tert-OH is 1. The van der Waals surface area contributed by atoms with Crippen molar-refractivity contribution in [3.8, 4) is 0 Å². The summed E-state index contributed by atoms with van der Waals surface area (Å²) >= 11 is 0. The average molecular weight is 190 g/mol. The number of ether oxygens (including phenoxy) is 2. The number of carbonyl (C=O) groups is 1. The molecule has 1 N–H and O–H groups in total. The summed E-state index contributed by atoms with van der Waals surface area (Å²) in [5.41, 5.74) is -1.19. The van der Waals surface area contributed by atoms with Gasteiger partial charge < -0.3 is 14.6 Å². The Hall–Kier alpha value is -0.610. The topological polar surface area (TPSA) is 55.8 Å². The summed E-state index contributed by atoms with van der Waals surface area (Å²) in [6.07, 6.45) is 0.451. The van der Waals surface area contributed by atoms with Gasteiger partial charge in [0.05, 0.1) is 13.7 Å². The van der Waals surface area contributed by atoms with E-state index in [9.17, 15) is 4.79 Å². The molecule has 1 atom stereocenters. The van der Waals surface area contributed by atoms with Crippen molar-refractivity contribution in [2.24, 2.45) is 5.92 Å². The molecule has 0 aliphatic rings.